The Bertz CT molecular complexity index is 1060. The number of aliphatic hydroxyl groups excluding tert-OH is 1. The Morgan fingerprint density at radius 3 is 1.77 bits per heavy atom. The lowest BCUT2D eigenvalue weighted by molar-refractivity contribution is -0.129. The van der Waals surface area contributed by atoms with E-state index in [1.807, 2.05) is 60.7 Å². The number of hydrogen-bond acceptors (Lipinski definition) is 3. The molecule has 1 aliphatic heterocycles. The van der Waals surface area contributed by atoms with Crippen molar-refractivity contribution in [3.63, 3.8) is 0 Å². The van der Waals surface area contributed by atoms with Gasteiger partial charge in [-0.05, 0) is 23.6 Å². The summed E-state index contributed by atoms with van der Waals surface area (Å²) in [5.74, 6) is -1.20. The Labute approximate surface area is 235 Å². The van der Waals surface area contributed by atoms with Gasteiger partial charge in [0.05, 0.1) is 11.6 Å². The number of benzene rings is 2. The zero-order chi connectivity index (χ0) is 27.7. The molecule has 4 nitrogen and oxygen atoms in total. The van der Waals surface area contributed by atoms with Gasteiger partial charge in [0.1, 0.15) is 0 Å². The Morgan fingerprint density at radius 2 is 1.23 bits per heavy atom. The van der Waals surface area contributed by atoms with Crippen LogP contribution in [0.2, 0.25) is 0 Å². The Balaban J connectivity index is 1.46. The Morgan fingerprint density at radius 1 is 0.744 bits per heavy atom. The molecule has 0 saturated heterocycles. The lowest BCUT2D eigenvalue weighted by Gasteiger charge is -2.26. The quantitative estimate of drug-likeness (QED) is 0.146. The van der Waals surface area contributed by atoms with E-state index in [9.17, 15) is 14.7 Å². The fraction of sp³-hybridized carbons (Fsp3) is 0.486. The number of allylic oxidation sites excluding steroid dienone is 1. The first-order valence-corrected chi connectivity index (χ1v) is 15.2. The molecule has 1 atom stereocenters. The van der Waals surface area contributed by atoms with E-state index in [0.717, 1.165) is 30.4 Å². The van der Waals surface area contributed by atoms with Crippen LogP contribution in [0, 0.1) is 0 Å². The van der Waals surface area contributed by atoms with Crippen molar-refractivity contribution in [3.8, 4) is 0 Å². The highest BCUT2D eigenvalue weighted by Crippen LogP contribution is 2.38. The zero-order valence-electron chi connectivity index (χ0n) is 23.8. The van der Waals surface area contributed by atoms with Crippen LogP contribution in [0.5, 0.6) is 0 Å². The lowest BCUT2D eigenvalue weighted by atomic mass is 9.95. The Hall–Kier alpha value is -3.14. The minimum Gasteiger partial charge on any atom is -0.503 e. The SMILES string of the molecule is CCCCCCCCCCCCCCCCN1C(=O)C(O)=C(C(=O)/C=C/c2ccccc2)[C@@H]1c1ccccc1. The maximum absolute atomic E-state index is 13.2. The number of nitrogens with zero attached hydrogens (tertiary/aromatic N) is 1. The maximum atomic E-state index is 13.2. The number of hydrogen-bond donors (Lipinski definition) is 1. The molecule has 0 aromatic heterocycles. The van der Waals surface area contributed by atoms with Crippen LogP contribution in [0.4, 0.5) is 0 Å². The minimum atomic E-state index is -0.561. The number of aliphatic hydroxyl groups is 1. The van der Waals surface area contributed by atoms with Crippen LogP contribution in [0.1, 0.15) is 114 Å². The Kier molecular flexibility index (Phi) is 13.6. The van der Waals surface area contributed by atoms with E-state index in [1.165, 1.54) is 76.7 Å². The number of unbranched alkanes of at least 4 members (excludes halogenated alkanes) is 13. The van der Waals surface area contributed by atoms with Gasteiger partial charge >= 0.3 is 0 Å². The van der Waals surface area contributed by atoms with Crippen molar-refractivity contribution in [2.75, 3.05) is 6.54 Å². The normalized spacial score (nSPS) is 15.6. The predicted octanol–water partition coefficient (Wildman–Crippen LogP) is 9.15. The van der Waals surface area contributed by atoms with E-state index in [4.69, 9.17) is 0 Å². The highest BCUT2D eigenvalue weighted by atomic mass is 16.3. The predicted molar refractivity (Wildman–Crippen MR) is 161 cm³/mol. The van der Waals surface area contributed by atoms with Crippen molar-refractivity contribution in [2.24, 2.45) is 0 Å². The van der Waals surface area contributed by atoms with Crippen molar-refractivity contribution < 1.29 is 14.7 Å². The van der Waals surface area contributed by atoms with Gasteiger partial charge < -0.3 is 10.0 Å². The number of rotatable bonds is 19. The molecule has 0 saturated carbocycles. The average Bonchev–Trinajstić information content (AvgIpc) is 3.22. The summed E-state index contributed by atoms with van der Waals surface area (Å²) in [6, 6.07) is 18.6. The van der Waals surface area contributed by atoms with Crippen LogP contribution in [-0.2, 0) is 9.59 Å². The molecule has 210 valence electrons. The van der Waals surface area contributed by atoms with Gasteiger partial charge in [0.15, 0.2) is 11.5 Å². The van der Waals surface area contributed by atoms with Crippen molar-refractivity contribution >= 4 is 17.8 Å². The molecule has 0 spiro atoms. The second-order valence-corrected chi connectivity index (χ2v) is 10.8. The molecule has 0 fully saturated rings. The second kappa shape index (κ2) is 17.4. The van der Waals surface area contributed by atoms with E-state index in [1.54, 1.807) is 11.0 Å². The molecule has 4 heteroatoms. The van der Waals surface area contributed by atoms with Gasteiger partial charge in [-0.1, -0.05) is 157 Å². The smallest absolute Gasteiger partial charge is 0.290 e. The first-order valence-electron chi connectivity index (χ1n) is 15.2. The number of amides is 1. The molecular formula is C35H47NO3. The van der Waals surface area contributed by atoms with E-state index < -0.39 is 17.7 Å². The second-order valence-electron chi connectivity index (χ2n) is 10.8. The van der Waals surface area contributed by atoms with Gasteiger partial charge in [-0.25, -0.2) is 0 Å². The molecule has 0 unspecified atom stereocenters. The lowest BCUT2D eigenvalue weighted by Crippen LogP contribution is -2.32. The fourth-order valence-electron chi connectivity index (χ4n) is 5.42. The minimum absolute atomic E-state index is 0.170. The molecule has 2 aromatic carbocycles. The molecule has 1 aliphatic rings. The van der Waals surface area contributed by atoms with Gasteiger partial charge in [-0.3, -0.25) is 9.59 Å². The molecule has 0 bridgehead atoms. The van der Waals surface area contributed by atoms with Crippen LogP contribution in [0.3, 0.4) is 0 Å². The molecule has 0 radical (unpaired) electrons. The highest BCUT2D eigenvalue weighted by molar-refractivity contribution is 6.14. The summed E-state index contributed by atoms with van der Waals surface area (Å²) in [6.45, 7) is 2.79. The van der Waals surface area contributed by atoms with Crippen LogP contribution in [0.25, 0.3) is 6.08 Å². The highest BCUT2D eigenvalue weighted by Gasteiger charge is 2.42. The number of ketones is 1. The van der Waals surface area contributed by atoms with Gasteiger partial charge in [0.25, 0.3) is 5.91 Å². The first-order chi connectivity index (χ1) is 19.1. The third-order valence-corrected chi connectivity index (χ3v) is 7.66. The van der Waals surface area contributed by atoms with Crippen molar-refractivity contribution in [1.29, 1.82) is 0 Å². The van der Waals surface area contributed by atoms with Crippen LogP contribution in [0.15, 0.2) is 78.1 Å². The third-order valence-electron chi connectivity index (χ3n) is 7.66. The van der Waals surface area contributed by atoms with Crippen molar-refractivity contribution in [2.45, 2.75) is 103 Å². The van der Waals surface area contributed by atoms with Crippen LogP contribution in [-0.4, -0.2) is 28.2 Å². The molecule has 1 amide bonds. The van der Waals surface area contributed by atoms with Gasteiger partial charge in [-0.2, -0.15) is 0 Å². The summed E-state index contributed by atoms with van der Waals surface area (Å²) in [6.07, 6.45) is 21.0. The summed E-state index contributed by atoms with van der Waals surface area (Å²) in [4.78, 5) is 28.0. The summed E-state index contributed by atoms with van der Waals surface area (Å²) >= 11 is 0. The standard InChI is InChI=1S/C35H47NO3/c1-2-3-4-5-6-7-8-9-10-11-12-13-14-21-28-36-33(30-24-19-16-20-25-30)32(34(38)35(36)39)31(37)27-26-29-22-17-15-18-23-29/h15-20,22-27,33,38H,2-14,21,28H2,1H3/b27-26+/t33-/m0/s1. The molecule has 2 aromatic rings. The van der Waals surface area contributed by atoms with Crippen molar-refractivity contribution in [1.82, 2.24) is 4.90 Å². The van der Waals surface area contributed by atoms with Gasteiger partial charge in [-0.15, -0.1) is 0 Å². The largest absolute Gasteiger partial charge is 0.503 e. The zero-order valence-corrected chi connectivity index (χ0v) is 23.8. The van der Waals surface area contributed by atoms with Gasteiger partial charge in [0, 0.05) is 6.54 Å². The summed E-state index contributed by atoms with van der Waals surface area (Å²) < 4.78 is 0. The van der Waals surface area contributed by atoms with E-state index in [-0.39, 0.29) is 11.4 Å². The maximum Gasteiger partial charge on any atom is 0.290 e. The average molecular weight is 530 g/mol. The van der Waals surface area contributed by atoms with E-state index in [0.29, 0.717) is 6.54 Å². The van der Waals surface area contributed by atoms with Crippen molar-refractivity contribution in [3.05, 3.63) is 89.2 Å². The summed E-state index contributed by atoms with van der Waals surface area (Å²) in [5.41, 5.74) is 1.91. The molecule has 3 rings (SSSR count). The molecule has 1 heterocycles. The van der Waals surface area contributed by atoms with Crippen LogP contribution < -0.4 is 0 Å². The fourth-order valence-corrected chi connectivity index (χ4v) is 5.42. The van der Waals surface area contributed by atoms with E-state index in [2.05, 4.69) is 6.92 Å². The first kappa shape index (κ1) is 30.4. The number of carbonyl (C=O) groups excluding carboxylic acids is 2. The summed E-state index contributed by atoms with van der Waals surface area (Å²) in [5, 5.41) is 10.8. The molecular weight excluding hydrogens is 482 g/mol. The molecule has 1 N–H and O–H groups in total. The third kappa shape index (κ3) is 9.84. The molecule has 0 aliphatic carbocycles. The molecule has 39 heavy (non-hydrogen) atoms. The van der Waals surface area contributed by atoms with Gasteiger partial charge in [0.2, 0.25) is 0 Å². The summed E-state index contributed by atoms with van der Waals surface area (Å²) in [7, 11) is 0. The topological polar surface area (TPSA) is 57.6 Å². The monoisotopic (exact) mass is 529 g/mol. The van der Waals surface area contributed by atoms with Crippen LogP contribution >= 0.6 is 0 Å². The number of carbonyl (C=O) groups is 2. The van der Waals surface area contributed by atoms with E-state index >= 15 is 0 Å².